The summed E-state index contributed by atoms with van der Waals surface area (Å²) in [5, 5.41) is 0. The highest BCUT2D eigenvalue weighted by molar-refractivity contribution is 7.16. The third-order valence-electron chi connectivity index (χ3n) is 1.75. The first-order chi connectivity index (χ1) is 6.75. The van der Waals surface area contributed by atoms with Gasteiger partial charge < -0.3 is 0 Å². The predicted octanol–water partition coefficient (Wildman–Crippen LogP) is 2.48. The van der Waals surface area contributed by atoms with Crippen molar-refractivity contribution < 1.29 is 4.79 Å². The number of carbonyl (C=O) groups is 1. The average Bonchev–Trinajstić information content (AvgIpc) is 2.75. The first kappa shape index (κ1) is 9.43. The van der Waals surface area contributed by atoms with E-state index in [2.05, 4.69) is 4.98 Å². The molecule has 0 amide bonds. The highest BCUT2D eigenvalue weighted by Gasteiger charge is 2.07. The normalized spacial score (nSPS) is 10.4. The van der Waals surface area contributed by atoms with E-state index in [0.717, 1.165) is 4.88 Å². The molecule has 14 heavy (non-hydrogen) atoms. The fourth-order valence-electron chi connectivity index (χ4n) is 1.09. The average molecular weight is 227 g/mol. The van der Waals surface area contributed by atoms with Crippen molar-refractivity contribution in [1.29, 1.82) is 0 Å². The van der Waals surface area contributed by atoms with Gasteiger partial charge in [-0.05, 0) is 12.1 Å². The van der Waals surface area contributed by atoms with E-state index in [1.807, 2.05) is 6.07 Å². The molecular weight excluding hydrogens is 220 g/mol. The second kappa shape index (κ2) is 3.94. The molecule has 0 aliphatic carbocycles. The van der Waals surface area contributed by atoms with Gasteiger partial charge in [0.25, 0.3) is 0 Å². The molecule has 0 aromatic carbocycles. The molecule has 0 bridgehead atoms. The molecule has 0 saturated heterocycles. The van der Waals surface area contributed by atoms with Crippen molar-refractivity contribution in [3.8, 4) is 0 Å². The van der Waals surface area contributed by atoms with Crippen LogP contribution in [0.1, 0.15) is 9.67 Å². The highest BCUT2D eigenvalue weighted by atomic mass is 35.5. The van der Waals surface area contributed by atoms with Crippen molar-refractivity contribution in [1.82, 2.24) is 9.55 Å². The zero-order chi connectivity index (χ0) is 9.97. The zero-order valence-corrected chi connectivity index (χ0v) is 8.76. The number of hydrogen-bond acceptors (Lipinski definition) is 3. The summed E-state index contributed by atoms with van der Waals surface area (Å²) in [6.45, 7) is 0. The Kier molecular flexibility index (Phi) is 2.65. The van der Waals surface area contributed by atoms with Gasteiger partial charge >= 0.3 is 0 Å². The maximum Gasteiger partial charge on any atom is 0.237 e. The number of carbonyl (C=O) groups excluding carboxylic acids is 1. The molecule has 0 fully saturated rings. The van der Waals surface area contributed by atoms with Crippen molar-refractivity contribution in [2.45, 2.75) is 6.42 Å². The van der Waals surface area contributed by atoms with Crippen molar-refractivity contribution in [3.05, 3.63) is 40.1 Å². The first-order valence-electron chi connectivity index (χ1n) is 4.01. The summed E-state index contributed by atoms with van der Waals surface area (Å²) < 4.78 is 2.17. The smallest absolute Gasteiger partial charge is 0.237 e. The minimum absolute atomic E-state index is 0.000941. The van der Waals surface area contributed by atoms with Gasteiger partial charge in [-0.2, -0.15) is 0 Å². The van der Waals surface area contributed by atoms with E-state index in [-0.39, 0.29) is 5.91 Å². The lowest BCUT2D eigenvalue weighted by atomic mass is 10.3. The van der Waals surface area contributed by atoms with E-state index in [1.165, 1.54) is 22.2 Å². The Bertz CT molecular complexity index is 435. The Morgan fingerprint density at radius 3 is 3.00 bits per heavy atom. The van der Waals surface area contributed by atoms with Crippen LogP contribution in [0.5, 0.6) is 0 Å². The maximum absolute atomic E-state index is 11.6. The molecule has 0 unspecified atom stereocenters. The molecule has 0 aliphatic heterocycles. The quantitative estimate of drug-likeness (QED) is 0.789. The maximum atomic E-state index is 11.6. The molecule has 2 heterocycles. The van der Waals surface area contributed by atoms with Crippen LogP contribution in [0.3, 0.4) is 0 Å². The Balaban J connectivity index is 2.09. The number of hydrogen-bond donors (Lipinski definition) is 0. The third kappa shape index (κ3) is 2.02. The Morgan fingerprint density at radius 2 is 2.43 bits per heavy atom. The van der Waals surface area contributed by atoms with Crippen molar-refractivity contribution in [3.63, 3.8) is 0 Å². The summed E-state index contributed by atoms with van der Waals surface area (Å²) in [7, 11) is 0. The summed E-state index contributed by atoms with van der Waals surface area (Å²) in [4.78, 5) is 16.3. The number of aromatic nitrogens is 2. The van der Waals surface area contributed by atoms with Crippen LogP contribution in [0.4, 0.5) is 0 Å². The summed E-state index contributed by atoms with van der Waals surface area (Å²) in [6, 6.07) is 3.66. The van der Waals surface area contributed by atoms with Crippen molar-refractivity contribution in [2.75, 3.05) is 0 Å². The van der Waals surface area contributed by atoms with Gasteiger partial charge in [-0.25, -0.2) is 4.98 Å². The lowest BCUT2D eigenvalue weighted by Gasteiger charge is -1.97. The fourth-order valence-corrected chi connectivity index (χ4v) is 2.17. The number of imidazole rings is 1. The summed E-state index contributed by atoms with van der Waals surface area (Å²) in [6.07, 6.45) is 5.09. The fraction of sp³-hybridized carbons (Fsp3) is 0.111. The SMILES string of the molecule is O=C(Cc1ccc(Cl)s1)n1ccnc1. The van der Waals surface area contributed by atoms with Gasteiger partial charge in [0.1, 0.15) is 6.33 Å². The molecule has 0 N–H and O–H groups in total. The lowest BCUT2D eigenvalue weighted by Crippen LogP contribution is -2.10. The van der Waals surface area contributed by atoms with E-state index in [0.29, 0.717) is 10.8 Å². The van der Waals surface area contributed by atoms with Crippen LogP contribution in [0, 0.1) is 0 Å². The van der Waals surface area contributed by atoms with Crippen LogP contribution in [-0.2, 0) is 6.42 Å². The topological polar surface area (TPSA) is 34.9 Å². The Morgan fingerprint density at radius 1 is 1.57 bits per heavy atom. The van der Waals surface area contributed by atoms with Gasteiger partial charge in [-0.3, -0.25) is 9.36 Å². The van der Waals surface area contributed by atoms with E-state index in [9.17, 15) is 4.79 Å². The highest BCUT2D eigenvalue weighted by Crippen LogP contribution is 2.21. The minimum Gasteiger partial charge on any atom is -0.276 e. The summed E-state index contributed by atoms with van der Waals surface area (Å²) in [5.74, 6) is 0.000941. The van der Waals surface area contributed by atoms with Crippen LogP contribution in [0.15, 0.2) is 30.9 Å². The van der Waals surface area contributed by atoms with Crippen LogP contribution in [0.2, 0.25) is 4.34 Å². The largest absolute Gasteiger partial charge is 0.276 e. The van der Waals surface area contributed by atoms with E-state index in [4.69, 9.17) is 11.6 Å². The second-order valence-electron chi connectivity index (χ2n) is 2.75. The standard InChI is InChI=1S/C9H7ClN2OS/c10-8-2-1-7(14-8)5-9(13)12-4-3-11-6-12/h1-4,6H,5H2. The molecule has 0 radical (unpaired) electrons. The molecule has 0 atom stereocenters. The molecule has 5 heteroatoms. The number of halogens is 1. The molecule has 2 aromatic rings. The van der Waals surface area contributed by atoms with Gasteiger partial charge in [0, 0.05) is 17.3 Å². The molecule has 72 valence electrons. The van der Waals surface area contributed by atoms with E-state index >= 15 is 0 Å². The van der Waals surface area contributed by atoms with Gasteiger partial charge in [0.2, 0.25) is 5.91 Å². The zero-order valence-electron chi connectivity index (χ0n) is 7.18. The minimum atomic E-state index is 0.000941. The lowest BCUT2D eigenvalue weighted by molar-refractivity contribution is 0.0915. The Labute approximate surface area is 90.0 Å². The molecule has 2 aromatic heterocycles. The van der Waals surface area contributed by atoms with Crippen molar-refractivity contribution in [2.24, 2.45) is 0 Å². The van der Waals surface area contributed by atoms with Crippen molar-refractivity contribution >= 4 is 28.8 Å². The van der Waals surface area contributed by atoms with Crippen LogP contribution in [-0.4, -0.2) is 15.5 Å². The molecule has 3 nitrogen and oxygen atoms in total. The first-order valence-corrected chi connectivity index (χ1v) is 5.20. The molecule has 0 aliphatic rings. The number of nitrogens with zero attached hydrogens (tertiary/aromatic N) is 2. The summed E-state index contributed by atoms with van der Waals surface area (Å²) >= 11 is 7.18. The number of thiophene rings is 1. The Hall–Kier alpha value is -1.13. The summed E-state index contributed by atoms with van der Waals surface area (Å²) in [5.41, 5.74) is 0. The molecule has 0 saturated carbocycles. The van der Waals surface area contributed by atoms with Gasteiger partial charge in [0.05, 0.1) is 10.8 Å². The van der Waals surface area contributed by atoms with Gasteiger partial charge in [-0.1, -0.05) is 11.6 Å². The van der Waals surface area contributed by atoms with E-state index in [1.54, 1.807) is 18.5 Å². The van der Waals surface area contributed by atoms with E-state index < -0.39 is 0 Å². The second-order valence-corrected chi connectivity index (χ2v) is 4.55. The van der Waals surface area contributed by atoms with Crippen LogP contribution >= 0.6 is 22.9 Å². The number of rotatable bonds is 2. The van der Waals surface area contributed by atoms with Crippen LogP contribution in [0.25, 0.3) is 0 Å². The molecule has 0 spiro atoms. The molecule has 2 rings (SSSR count). The third-order valence-corrected chi connectivity index (χ3v) is 2.98. The monoisotopic (exact) mass is 226 g/mol. The predicted molar refractivity (Wildman–Crippen MR) is 55.9 cm³/mol. The van der Waals surface area contributed by atoms with Gasteiger partial charge in [-0.15, -0.1) is 11.3 Å². The molecular formula is C9H7ClN2OS. The van der Waals surface area contributed by atoms with Gasteiger partial charge in [0.15, 0.2) is 0 Å². The van der Waals surface area contributed by atoms with Crippen LogP contribution < -0.4 is 0 Å².